The molecular weight excluding hydrogens is 492 g/mol. The van der Waals surface area contributed by atoms with E-state index in [9.17, 15) is 13.6 Å². The number of halogens is 2. The molecule has 1 atom stereocenters. The van der Waals surface area contributed by atoms with Crippen molar-refractivity contribution in [3.8, 4) is 17.0 Å². The van der Waals surface area contributed by atoms with Crippen LogP contribution in [0.2, 0.25) is 0 Å². The number of nitrogens with two attached hydrogens (primary N) is 2. The number of H-pyrrole nitrogens is 2. The van der Waals surface area contributed by atoms with Gasteiger partial charge >= 0.3 is 6.61 Å². The lowest BCUT2D eigenvalue weighted by Gasteiger charge is -2.28. The zero-order chi connectivity index (χ0) is 26.6. The second kappa shape index (κ2) is 11.2. The fraction of sp³-hybridized carbons (Fsp3) is 0.370. The average Bonchev–Trinajstić information content (AvgIpc) is 3.55. The third-order valence-corrected chi connectivity index (χ3v) is 7.25. The molecule has 2 aromatic heterocycles. The molecule has 1 fully saturated rings. The Morgan fingerprint density at radius 1 is 1.16 bits per heavy atom. The number of nitrogen functional groups attached to an aromatic ring is 1. The normalized spacial score (nSPS) is 18.5. The van der Waals surface area contributed by atoms with E-state index >= 15 is 0 Å². The predicted molar refractivity (Wildman–Crippen MR) is 140 cm³/mol. The Balaban J connectivity index is 1.39. The van der Waals surface area contributed by atoms with Crippen LogP contribution in [0.15, 0.2) is 48.7 Å². The first-order chi connectivity index (χ1) is 18.4. The number of aromatic amines is 2. The number of rotatable bonds is 9. The van der Waals surface area contributed by atoms with Crippen LogP contribution in [0.3, 0.4) is 0 Å². The molecule has 11 heteroatoms. The highest BCUT2D eigenvalue weighted by atomic mass is 19.3. The van der Waals surface area contributed by atoms with Gasteiger partial charge < -0.3 is 26.5 Å². The van der Waals surface area contributed by atoms with E-state index in [1.54, 1.807) is 18.3 Å². The van der Waals surface area contributed by atoms with Gasteiger partial charge in [-0.2, -0.15) is 13.9 Å². The molecular formula is C27H31F2N7O2. The molecule has 0 radical (unpaired) electrons. The average molecular weight is 524 g/mol. The number of imidazole rings is 1. The quantitative estimate of drug-likeness (QED) is 0.221. The summed E-state index contributed by atoms with van der Waals surface area (Å²) in [6.07, 6.45) is 5.55. The summed E-state index contributed by atoms with van der Waals surface area (Å²) in [5.41, 5.74) is 14.7. The second-order valence-corrected chi connectivity index (χ2v) is 9.78. The second-order valence-electron chi connectivity index (χ2n) is 9.78. The molecule has 1 saturated carbocycles. The van der Waals surface area contributed by atoms with Gasteiger partial charge in [0.05, 0.1) is 17.3 Å². The van der Waals surface area contributed by atoms with Crippen molar-refractivity contribution in [3.63, 3.8) is 0 Å². The van der Waals surface area contributed by atoms with Crippen molar-refractivity contribution < 1.29 is 18.3 Å². The molecule has 5 rings (SSSR count). The van der Waals surface area contributed by atoms with Gasteiger partial charge in [-0.05, 0) is 68.0 Å². The lowest BCUT2D eigenvalue weighted by Crippen LogP contribution is -2.37. The van der Waals surface area contributed by atoms with Crippen LogP contribution in [0, 0.1) is 11.8 Å². The van der Waals surface area contributed by atoms with Gasteiger partial charge in [-0.1, -0.05) is 18.2 Å². The molecule has 9 nitrogen and oxygen atoms in total. The Morgan fingerprint density at radius 3 is 2.74 bits per heavy atom. The number of carbonyl (C=O) groups is 1. The lowest BCUT2D eigenvalue weighted by molar-refractivity contribution is -0.127. The summed E-state index contributed by atoms with van der Waals surface area (Å²) in [6.45, 7) is -2.28. The Kier molecular flexibility index (Phi) is 7.54. The highest BCUT2D eigenvalue weighted by Crippen LogP contribution is 2.30. The molecule has 0 spiro atoms. The van der Waals surface area contributed by atoms with Gasteiger partial charge in [-0.15, -0.1) is 0 Å². The van der Waals surface area contributed by atoms with Crippen LogP contribution in [0.4, 0.5) is 14.6 Å². The van der Waals surface area contributed by atoms with Crippen molar-refractivity contribution in [1.29, 1.82) is 0 Å². The number of fused-ring (bicyclic) bond motifs is 1. The summed E-state index contributed by atoms with van der Waals surface area (Å²) in [6, 6.07) is 11.7. The number of nitrogens with one attached hydrogen (secondary N) is 3. The van der Waals surface area contributed by atoms with Crippen molar-refractivity contribution >= 4 is 22.6 Å². The third-order valence-electron chi connectivity index (χ3n) is 7.25. The summed E-state index contributed by atoms with van der Waals surface area (Å²) in [5.74, 6) is 1.37. The van der Waals surface area contributed by atoms with Gasteiger partial charge in [0.2, 0.25) is 5.91 Å². The Hall–Kier alpha value is -3.99. The summed E-state index contributed by atoms with van der Waals surface area (Å²) in [7, 11) is 0. The van der Waals surface area contributed by atoms with Crippen LogP contribution in [0.5, 0.6) is 5.75 Å². The van der Waals surface area contributed by atoms with Gasteiger partial charge in [-0.3, -0.25) is 9.89 Å². The largest absolute Gasteiger partial charge is 0.435 e. The zero-order valence-corrected chi connectivity index (χ0v) is 20.8. The Morgan fingerprint density at radius 2 is 1.97 bits per heavy atom. The number of alkyl halides is 2. The standard InChI is InChI=1S/C27H31F2N7O2/c28-27(29)38-19-3-1-2-16(10-19)11-22(34-26(37)17-6-4-15(13-30)5-7-17)25-32-14-23(33-25)18-8-9-20-21(12-18)35-36-24(20)31/h1-3,8-10,12,14-15,17,22,27H,4-7,11,13,30H2,(H,32,33)(H,34,37)(H3,31,35,36)/t15-,17-,22?. The first-order valence-corrected chi connectivity index (χ1v) is 12.7. The van der Waals surface area contributed by atoms with E-state index in [2.05, 4.69) is 25.2 Å². The van der Waals surface area contributed by atoms with E-state index in [0.717, 1.165) is 47.7 Å². The molecule has 0 bridgehead atoms. The summed E-state index contributed by atoms with van der Waals surface area (Å²) in [5, 5.41) is 10.9. The molecule has 200 valence electrons. The first-order valence-electron chi connectivity index (χ1n) is 12.7. The molecule has 1 aliphatic rings. The number of amides is 1. The van der Waals surface area contributed by atoms with Gasteiger partial charge in [0.15, 0.2) is 5.82 Å². The molecule has 38 heavy (non-hydrogen) atoms. The van der Waals surface area contributed by atoms with Crippen LogP contribution in [-0.2, 0) is 11.2 Å². The number of benzene rings is 2. The molecule has 0 saturated heterocycles. The van der Waals surface area contributed by atoms with Gasteiger partial charge in [0.25, 0.3) is 0 Å². The molecule has 0 aliphatic heterocycles. The van der Waals surface area contributed by atoms with Crippen molar-refractivity contribution in [3.05, 3.63) is 60.0 Å². The van der Waals surface area contributed by atoms with E-state index in [4.69, 9.17) is 16.5 Å². The molecule has 1 unspecified atom stereocenters. The highest BCUT2D eigenvalue weighted by Gasteiger charge is 2.28. The van der Waals surface area contributed by atoms with Crippen molar-refractivity contribution in [2.75, 3.05) is 12.3 Å². The number of hydrogen-bond donors (Lipinski definition) is 5. The van der Waals surface area contributed by atoms with E-state index in [0.29, 0.717) is 36.2 Å². The number of anilines is 1. The van der Waals surface area contributed by atoms with Crippen LogP contribution >= 0.6 is 0 Å². The van der Waals surface area contributed by atoms with Crippen molar-refractivity contribution in [2.45, 2.75) is 44.8 Å². The van der Waals surface area contributed by atoms with Crippen LogP contribution < -0.4 is 21.5 Å². The maximum Gasteiger partial charge on any atom is 0.387 e. The smallest absolute Gasteiger partial charge is 0.387 e. The predicted octanol–water partition coefficient (Wildman–Crippen LogP) is 4.30. The number of hydrogen-bond acceptors (Lipinski definition) is 6. The van der Waals surface area contributed by atoms with Gasteiger partial charge in [0, 0.05) is 29.5 Å². The van der Waals surface area contributed by atoms with E-state index in [-0.39, 0.29) is 17.6 Å². The molecule has 7 N–H and O–H groups in total. The zero-order valence-electron chi connectivity index (χ0n) is 20.8. The van der Waals surface area contributed by atoms with E-state index in [1.807, 2.05) is 24.3 Å². The summed E-state index contributed by atoms with van der Waals surface area (Å²) >= 11 is 0. The summed E-state index contributed by atoms with van der Waals surface area (Å²) < 4.78 is 30.1. The SMILES string of the molecule is NC[C@H]1CC[C@H](C(=O)NC(Cc2cccc(OC(F)F)c2)c2nc(-c3ccc4c(N)n[nH]c4c3)c[nH]2)CC1. The number of ether oxygens (including phenoxy) is 1. The van der Waals surface area contributed by atoms with Gasteiger partial charge in [-0.25, -0.2) is 4.98 Å². The van der Waals surface area contributed by atoms with Crippen molar-refractivity contribution in [2.24, 2.45) is 17.6 Å². The Labute approximate surface area is 218 Å². The highest BCUT2D eigenvalue weighted by molar-refractivity contribution is 5.91. The fourth-order valence-electron chi connectivity index (χ4n) is 5.11. The fourth-order valence-corrected chi connectivity index (χ4v) is 5.11. The molecule has 2 aromatic carbocycles. The first kappa shape index (κ1) is 25.7. The lowest BCUT2D eigenvalue weighted by atomic mass is 9.81. The van der Waals surface area contributed by atoms with Crippen LogP contribution in [0.25, 0.3) is 22.2 Å². The van der Waals surface area contributed by atoms with Crippen molar-refractivity contribution in [1.82, 2.24) is 25.5 Å². The van der Waals surface area contributed by atoms with Crippen LogP contribution in [0.1, 0.15) is 43.1 Å². The molecule has 4 aromatic rings. The maximum atomic E-state index is 13.3. The number of aromatic nitrogens is 4. The molecule has 1 aliphatic carbocycles. The van der Waals surface area contributed by atoms with E-state index in [1.165, 1.54) is 6.07 Å². The van der Waals surface area contributed by atoms with Gasteiger partial charge in [0.1, 0.15) is 11.6 Å². The molecule has 2 heterocycles. The minimum Gasteiger partial charge on any atom is -0.435 e. The number of carbonyl (C=O) groups excluding carboxylic acids is 1. The minimum absolute atomic E-state index is 0.0437. The van der Waals surface area contributed by atoms with Crippen LogP contribution in [-0.4, -0.2) is 39.2 Å². The maximum absolute atomic E-state index is 13.3. The Bertz CT molecular complexity index is 1400. The monoisotopic (exact) mass is 523 g/mol. The third kappa shape index (κ3) is 5.77. The molecule has 1 amide bonds. The number of nitrogens with zero attached hydrogens (tertiary/aromatic N) is 2. The summed E-state index contributed by atoms with van der Waals surface area (Å²) in [4.78, 5) is 21.3. The minimum atomic E-state index is -2.92. The van der Waals surface area contributed by atoms with E-state index < -0.39 is 12.7 Å². The topological polar surface area (TPSA) is 148 Å².